The van der Waals surface area contributed by atoms with Gasteiger partial charge in [-0.05, 0) is 64.0 Å². The molecule has 2 nitrogen and oxygen atoms in total. The van der Waals surface area contributed by atoms with Crippen molar-refractivity contribution in [2.24, 2.45) is 11.8 Å². The Morgan fingerprint density at radius 1 is 1.22 bits per heavy atom. The first-order valence-corrected chi connectivity index (χ1v) is 8.21. The lowest BCUT2D eigenvalue weighted by Gasteiger charge is -2.27. The van der Waals surface area contributed by atoms with Gasteiger partial charge in [0, 0.05) is 12.1 Å². The van der Waals surface area contributed by atoms with E-state index in [-0.39, 0.29) is 0 Å². The zero-order valence-corrected chi connectivity index (χ0v) is 12.4. The van der Waals surface area contributed by atoms with Gasteiger partial charge < -0.3 is 10.6 Å². The molecule has 106 valence electrons. The van der Waals surface area contributed by atoms with Crippen LogP contribution in [0, 0.1) is 11.8 Å². The Hall–Kier alpha value is -0.0800. The van der Waals surface area contributed by atoms with E-state index in [0.29, 0.717) is 6.04 Å². The molecule has 4 atom stereocenters. The number of hydrogen-bond acceptors (Lipinski definition) is 2. The summed E-state index contributed by atoms with van der Waals surface area (Å²) in [6.45, 7) is 7.24. The maximum Gasteiger partial charge on any atom is 0.00822 e. The van der Waals surface area contributed by atoms with Gasteiger partial charge in [0.15, 0.2) is 0 Å². The monoisotopic (exact) mass is 252 g/mol. The van der Waals surface area contributed by atoms with E-state index in [9.17, 15) is 0 Å². The van der Waals surface area contributed by atoms with Crippen LogP contribution in [-0.4, -0.2) is 25.2 Å². The maximum atomic E-state index is 3.73. The summed E-state index contributed by atoms with van der Waals surface area (Å²) < 4.78 is 0. The summed E-state index contributed by atoms with van der Waals surface area (Å²) in [7, 11) is 0. The molecule has 18 heavy (non-hydrogen) atoms. The minimum absolute atomic E-state index is 0.682. The lowest BCUT2D eigenvalue weighted by atomic mass is 9.81. The molecular formula is C16H32N2. The topological polar surface area (TPSA) is 24.1 Å². The summed E-state index contributed by atoms with van der Waals surface area (Å²) in [6.07, 6.45) is 11.3. The van der Waals surface area contributed by atoms with E-state index in [1.165, 1.54) is 64.5 Å². The molecule has 2 aliphatic rings. The molecule has 0 bridgehead atoms. The Morgan fingerprint density at radius 2 is 2.11 bits per heavy atom. The molecule has 1 saturated carbocycles. The van der Waals surface area contributed by atoms with E-state index >= 15 is 0 Å². The van der Waals surface area contributed by atoms with Crippen LogP contribution in [-0.2, 0) is 0 Å². The van der Waals surface area contributed by atoms with Crippen LogP contribution in [0.15, 0.2) is 0 Å². The molecule has 4 unspecified atom stereocenters. The molecule has 0 aromatic heterocycles. The molecular weight excluding hydrogens is 220 g/mol. The molecule has 2 fully saturated rings. The van der Waals surface area contributed by atoms with E-state index in [4.69, 9.17) is 0 Å². The molecule has 1 heterocycles. The molecule has 0 amide bonds. The predicted molar refractivity (Wildman–Crippen MR) is 78.8 cm³/mol. The molecule has 1 saturated heterocycles. The fraction of sp³-hybridized carbons (Fsp3) is 1.00. The normalized spacial score (nSPS) is 34.7. The van der Waals surface area contributed by atoms with E-state index in [1.54, 1.807) is 0 Å². The number of rotatable bonds is 6. The lowest BCUT2D eigenvalue weighted by molar-refractivity contribution is 0.264. The Kier molecular flexibility index (Phi) is 5.97. The zero-order chi connectivity index (χ0) is 12.8. The first kappa shape index (κ1) is 14.3. The van der Waals surface area contributed by atoms with Crippen LogP contribution in [0.2, 0.25) is 0 Å². The minimum Gasteiger partial charge on any atom is -0.314 e. The van der Waals surface area contributed by atoms with Gasteiger partial charge in [-0.25, -0.2) is 0 Å². The van der Waals surface area contributed by atoms with Crippen molar-refractivity contribution in [1.29, 1.82) is 0 Å². The highest BCUT2D eigenvalue weighted by atomic mass is 15.0. The van der Waals surface area contributed by atoms with Gasteiger partial charge in [0.1, 0.15) is 0 Å². The van der Waals surface area contributed by atoms with Gasteiger partial charge in [0.05, 0.1) is 0 Å². The highest BCUT2D eigenvalue weighted by Crippen LogP contribution is 2.30. The van der Waals surface area contributed by atoms with E-state index in [2.05, 4.69) is 24.5 Å². The van der Waals surface area contributed by atoms with E-state index in [0.717, 1.165) is 17.9 Å². The van der Waals surface area contributed by atoms with Crippen molar-refractivity contribution in [2.45, 2.75) is 77.3 Å². The fourth-order valence-corrected chi connectivity index (χ4v) is 3.82. The minimum atomic E-state index is 0.682. The van der Waals surface area contributed by atoms with Crippen molar-refractivity contribution < 1.29 is 0 Å². The number of hydrogen-bond donors (Lipinski definition) is 2. The zero-order valence-electron chi connectivity index (χ0n) is 12.4. The van der Waals surface area contributed by atoms with Crippen molar-refractivity contribution in [3.8, 4) is 0 Å². The summed E-state index contributed by atoms with van der Waals surface area (Å²) in [4.78, 5) is 0. The van der Waals surface area contributed by atoms with Crippen molar-refractivity contribution in [1.82, 2.24) is 10.6 Å². The van der Waals surface area contributed by atoms with Crippen molar-refractivity contribution in [3.05, 3.63) is 0 Å². The Labute approximate surface area is 113 Å². The van der Waals surface area contributed by atoms with Crippen molar-refractivity contribution in [2.75, 3.05) is 13.1 Å². The van der Waals surface area contributed by atoms with Crippen LogP contribution < -0.4 is 10.6 Å². The van der Waals surface area contributed by atoms with Crippen LogP contribution >= 0.6 is 0 Å². The smallest absolute Gasteiger partial charge is 0.00822 e. The molecule has 0 aromatic rings. The second-order valence-corrected chi connectivity index (χ2v) is 6.81. The van der Waals surface area contributed by atoms with Gasteiger partial charge in [0.25, 0.3) is 0 Å². The third-order valence-electron chi connectivity index (χ3n) is 4.89. The van der Waals surface area contributed by atoms with Gasteiger partial charge in [-0.3, -0.25) is 0 Å². The average molecular weight is 252 g/mol. The molecule has 1 aliphatic heterocycles. The van der Waals surface area contributed by atoms with E-state index < -0.39 is 0 Å². The van der Waals surface area contributed by atoms with Crippen LogP contribution in [0.4, 0.5) is 0 Å². The van der Waals surface area contributed by atoms with Crippen LogP contribution in [0.5, 0.6) is 0 Å². The summed E-state index contributed by atoms with van der Waals surface area (Å²) in [5.74, 6) is 1.97. The predicted octanol–water partition coefficient (Wildman–Crippen LogP) is 3.32. The summed E-state index contributed by atoms with van der Waals surface area (Å²) in [5.41, 5.74) is 0. The first-order valence-electron chi connectivity index (χ1n) is 8.21. The molecule has 0 aromatic carbocycles. The first-order chi connectivity index (χ1) is 8.74. The molecule has 0 radical (unpaired) electrons. The van der Waals surface area contributed by atoms with Gasteiger partial charge in [0.2, 0.25) is 0 Å². The third-order valence-corrected chi connectivity index (χ3v) is 4.89. The Morgan fingerprint density at radius 3 is 2.83 bits per heavy atom. The second kappa shape index (κ2) is 7.49. The second-order valence-electron chi connectivity index (χ2n) is 6.81. The highest BCUT2D eigenvalue weighted by molar-refractivity contribution is 4.79. The van der Waals surface area contributed by atoms with Crippen LogP contribution in [0.25, 0.3) is 0 Å². The van der Waals surface area contributed by atoms with Crippen LogP contribution in [0.1, 0.15) is 65.2 Å². The Bertz CT molecular complexity index is 223. The van der Waals surface area contributed by atoms with Gasteiger partial charge in [-0.1, -0.05) is 26.2 Å². The molecule has 2 heteroatoms. The number of nitrogens with one attached hydrogen (secondary N) is 2. The van der Waals surface area contributed by atoms with Gasteiger partial charge in [-0.15, -0.1) is 0 Å². The van der Waals surface area contributed by atoms with E-state index in [1.807, 2.05) is 0 Å². The average Bonchev–Trinajstić information content (AvgIpc) is 2.82. The van der Waals surface area contributed by atoms with Crippen LogP contribution in [0.3, 0.4) is 0 Å². The fourth-order valence-electron chi connectivity index (χ4n) is 3.82. The largest absolute Gasteiger partial charge is 0.314 e. The van der Waals surface area contributed by atoms with Gasteiger partial charge in [-0.2, -0.15) is 0 Å². The third kappa shape index (κ3) is 4.89. The lowest BCUT2D eigenvalue weighted by Crippen LogP contribution is -2.35. The highest BCUT2D eigenvalue weighted by Gasteiger charge is 2.19. The van der Waals surface area contributed by atoms with Crippen molar-refractivity contribution >= 4 is 0 Å². The quantitative estimate of drug-likeness (QED) is 0.758. The Balaban J connectivity index is 1.53. The SMILES string of the molecule is CC1CCCC(CCNC(C)CC2CCCN2)C1. The summed E-state index contributed by atoms with van der Waals surface area (Å²) >= 11 is 0. The summed E-state index contributed by atoms with van der Waals surface area (Å²) in [5, 5.41) is 7.32. The van der Waals surface area contributed by atoms with Crippen molar-refractivity contribution in [3.63, 3.8) is 0 Å². The summed E-state index contributed by atoms with van der Waals surface area (Å²) in [6, 6.07) is 1.46. The maximum absolute atomic E-state index is 3.73. The molecule has 2 N–H and O–H groups in total. The standard InChI is InChI=1S/C16H32N2/c1-13-5-3-6-15(11-13)8-10-17-14(2)12-16-7-4-9-18-16/h13-18H,3-12H2,1-2H3. The molecule has 0 spiro atoms. The van der Waals surface area contributed by atoms with Gasteiger partial charge >= 0.3 is 0 Å². The molecule has 1 aliphatic carbocycles. The molecule has 2 rings (SSSR count).